The van der Waals surface area contributed by atoms with E-state index >= 15 is 0 Å². The largest absolute Gasteiger partial charge is 0.352 e. The molecule has 0 spiro atoms. The van der Waals surface area contributed by atoms with Crippen LogP contribution in [0.3, 0.4) is 0 Å². The number of rotatable bonds is 8. The van der Waals surface area contributed by atoms with E-state index < -0.39 is 10.0 Å². The van der Waals surface area contributed by atoms with Crippen LogP contribution in [0.2, 0.25) is 0 Å². The average Bonchev–Trinajstić information content (AvgIpc) is 2.61. The van der Waals surface area contributed by atoms with Crippen molar-refractivity contribution in [1.82, 2.24) is 5.32 Å². The Morgan fingerprint density at radius 3 is 2.26 bits per heavy atom. The summed E-state index contributed by atoms with van der Waals surface area (Å²) in [6.45, 7) is 8.89. The van der Waals surface area contributed by atoms with Crippen LogP contribution in [0.1, 0.15) is 56.0 Å². The molecule has 2 N–H and O–H groups in total. The average molecular weight is 389 g/mol. The Kier molecular flexibility index (Phi) is 7.02. The topological polar surface area (TPSA) is 75.3 Å². The maximum absolute atomic E-state index is 12.7. The SMILES string of the molecule is CC(C)CCNC(=O)c1cccc(S(=O)(=O)Nc2ccc(C(C)C)cc2)c1. The quantitative estimate of drug-likeness (QED) is 0.704. The fourth-order valence-electron chi connectivity index (χ4n) is 2.53. The minimum atomic E-state index is -3.77. The molecule has 0 radical (unpaired) electrons. The maximum atomic E-state index is 12.7. The van der Waals surface area contributed by atoms with Crippen LogP contribution in [0.25, 0.3) is 0 Å². The highest BCUT2D eigenvalue weighted by Gasteiger charge is 2.16. The highest BCUT2D eigenvalue weighted by Crippen LogP contribution is 2.20. The van der Waals surface area contributed by atoms with E-state index in [0.717, 1.165) is 12.0 Å². The molecule has 0 unspecified atom stereocenters. The molecule has 2 aromatic rings. The molecule has 5 nitrogen and oxygen atoms in total. The third-order valence-electron chi connectivity index (χ3n) is 4.24. The van der Waals surface area contributed by atoms with Crippen LogP contribution in [0.4, 0.5) is 5.69 Å². The van der Waals surface area contributed by atoms with Gasteiger partial charge < -0.3 is 5.32 Å². The molecule has 0 aliphatic carbocycles. The molecule has 146 valence electrons. The Bertz CT molecular complexity index is 873. The summed E-state index contributed by atoms with van der Waals surface area (Å²) in [6, 6.07) is 13.4. The van der Waals surface area contributed by atoms with Gasteiger partial charge in [0.25, 0.3) is 15.9 Å². The molecule has 27 heavy (non-hydrogen) atoms. The second-order valence-corrected chi connectivity index (χ2v) is 9.03. The highest BCUT2D eigenvalue weighted by atomic mass is 32.2. The molecule has 0 atom stereocenters. The lowest BCUT2D eigenvalue weighted by atomic mass is 10.0. The summed E-state index contributed by atoms with van der Waals surface area (Å²) in [6.07, 6.45) is 0.873. The van der Waals surface area contributed by atoms with Crippen molar-refractivity contribution in [1.29, 1.82) is 0 Å². The second-order valence-electron chi connectivity index (χ2n) is 7.35. The first kappa shape index (κ1) is 21.0. The van der Waals surface area contributed by atoms with Crippen LogP contribution in [-0.2, 0) is 10.0 Å². The van der Waals surface area contributed by atoms with E-state index in [0.29, 0.717) is 29.6 Å². The Hall–Kier alpha value is -2.34. The summed E-state index contributed by atoms with van der Waals surface area (Å²) in [5.74, 6) is 0.596. The Morgan fingerprint density at radius 2 is 1.67 bits per heavy atom. The Labute approximate surface area is 162 Å². The molecule has 0 fully saturated rings. The summed E-state index contributed by atoms with van der Waals surface area (Å²) in [5.41, 5.74) is 1.96. The molecule has 0 aliphatic heterocycles. The van der Waals surface area contributed by atoms with E-state index in [1.165, 1.54) is 12.1 Å². The minimum Gasteiger partial charge on any atom is -0.352 e. The number of sulfonamides is 1. The maximum Gasteiger partial charge on any atom is 0.261 e. The van der Waals surface area contributed by atoms with Crippen molar-refractivity contribution in [2.45, 2.75) is 44.9 Å². The number of carbonyl (C=O) groups is 1. The molecule has 0 aromatic heterocycles. The molecule has 0 aliphatic rings. The van der Waals surface area contributed by atoms with Crippen LogP contribution in [0.5, 0.6) is 0 Å². The van der Waals surface area contributed by atoms with Crippen molar-refractivity contribution in [2.24, 2.45) is 5.92 Å². The zero-order chi connectivity index (χ0) is 20.0. The van der Waals surface area contributed by atoms with Crippen LogP contribution in [0.15, 0.2) is 53.4 Å². The van der Waals surface area contributed by atoms with Gasteiger partial charge in [0, 0.05) is 17.8 Å². The first-order valence-electron chi connectivity index (χ1n) is 9.20. The van der Waals surface area contributed by atoms with Gasteiger partial charge in [0.2, 0.25) is 0 Å². The molecule has 0 saturated carbocycles. The molecule has 2 aromatic carbocycles. The number of nitrogens with one attached hydrogen (secondary N) is 2. The lowest BCUT2D eigenvalue weighted by molar-refractivity contribution is 0.0952. The van der Waals surface area contributed by atoms with Crippen LogP contribution in [-0.4, -0.2) is 20.9 Å². The van der Waals surface area contributed by atoms with Gasteiger partial charge in [-0.25, -0.2) is 8.42 Å². The summed E-state index contributed by atoms with van der Waals surface area (Å²) in [5, 5.41) is 2.82. The van der Waals surface area contributed by atoms with Crippen molar-refractivity contribution in [3.8, 4) is 0 Å². The van der Waals surface area contributed by atoms with Gasteiger partial charge in [0.1, 0.15) is 0 Å². The molecular weight excluding hydrogens is 360 g/mol. The fourth-order valence-corrected chi connectivity index (χ4v) is 3.64. The zero-order valence-electron chi connectivity index (χ0n) is 16.3. The molecule has 6 heteroatoms. The number of amides is 1. The van der Waals surface area contributed by atoms with Gasteiger partial charge in [-0.05, 0) is 54.2 Å². The Balaban J connectivity index is 2.12. The van der Waals surface area contributed by atoms with Crippen molar-refractivity contribution < 1.29 is 13.2 Å². The van der Waals surface area contributed by atoms with Crippen LogP contribution >= 0.6 is 0 Å². The normalized spacial score (nSPS) is 11.6. The van der Waals surface area contributed by atoms with Gasteiger partial charge in [-0.2, -0.15) is 0 Å². The standard InChI is InChI=1S/C21H28N2O3S/c1-15(2)12-13-22-21(24)18-6-5-7-20(14-18)27(25,26)23-19-10-8-17(9-11-19)16(3)4/h5-11,14-16,23H,12-13H2,1-4H3,(H,22,24). The van der Waals surface area contributed by atoms with Gasteiger partial charge in [-0.15, -0.1) is 0 Å². The van der Waals surface area contributed by atoms with E-state index in [1.807, 2.05) is 12.1 Å². The van der Waals surface area contributed by atoms with Gasteiger partial charge >= 0.3 is 0 Å². The van der Waals surface area contributed by atoms with Crippen molar-refractivity contribution >= 4 is 21.6 Å². The molecule has 0 bridgehead atoms. The second kappa shape index (κ2) is 9.04. The number of benzene rings is 2. The number of anilines is 1. The molecule has 1 amide bonds. The zero-order valence-corrected chi connectivity index (χ0v) is 17.1. The predicted octanol–water partition coefficient (Wildman–Crippen LogP) is 4.39. The lowest BCUT2D eigenvalue weighted by Crippen LogP contribution is -2.25. The van der Waals surface area contributed by atoms with Gasteiger partial charge in [-0.1, -0.05) is 45.9 Å². The molecule has 0 heterocycles. The first-order chi connectivity index (χ1) is 12.7. The lowest BCUT2D eigenvalue weighted by Gasteiger charge is -2.11. The first-order valence-corrected chi connectivity index (χ1v) is 10.7. The fraction of sp³-hybridized carbons (Fsp3) is 0.381. The predicted molar refractivity (Wildman–Crippen MR) is 110 cm³/mol. The van der Waals surface area contributed by atoms with E-state index in [2.05, 4.69) is 37.7 Å². The van der Waals surface area contributed by atoms with Crippen molar-refractivity contribution in [3.63, 3.8) is 0 Å². The van der Waals surface area contributed by atoms with Crippen LogP contribution in [0, 0.1) is 5.92 Å². The summed E-state index contributed by atoms with van der Waals surface area (Å²) >= 11 is 0. The van der Waals surface area contributed by atoms with Crippen LogP contribution < -0.4 is 10.0 Å². The van der Waals surface area contributed by atoms with E-state index in [1.54, 1.807) is 24.3 Å². The van der Waals surface area contributed by atoms with E-state index in [4.69, 9.17) is 0 Å². The third-order valence-corrected chi connectivity index (χ3v) is 5.62. The van der Waals surface area contributed by atoms with Crippen molar-refractivity contribution in [2.75, 3.05) is 11.3 Å². The summed E-state index contributed by atoms with van der Waals surface area (Å²) in [7, 11) is -3.77. The Morgan fingerprint density at radius 1 is 1.00 bits per heavy atom. The van der Waals surface area contributed by atoms with Gasteiger partial charge in [0.15, 0.2) is 0 Å². The number of carbonyl (C=O) groups excluding carboxylic acids is 1. The summed E-state index contributed by atoms with van der Waals surface area (Å²) < 4.78 is 27.9. The van der Waals surface area contributed by atoms with Crippen molar-refractivity contribution in [3.05, 3.63) is 59.7 Å². The smallest absolute Gasteiger partial charge is 0.261 e. The minimum absolute atomic E-state index is 0.0620. The van der Waals surface area contributed by atoms with E-state index in [-0.39, 0.29) is 10.8 Å². The highest BCUT2D eigenvalue weighted by molar-refractivity contribution is 7.92. The summed E-state index contributed by atoms with van der Waals surface area (Å²) in [4.78, 5) is 12.3. The number of hydrogen-bond acceptors (Lipinski definition) is 3. The molecular formula is C21H28N2O3S. The molecule has 2 rings (SSSR count). The monoisotopic (exact) mass is 388 g/mol. The molecule has 0 saturated heterocycles. The third kappa shape index (κ3) is 6.10. The van der Waals surface area contributed by atoms with Gasteiger partial charge in [-0.3, -0.25) is 9.52 Å². The van der Waals surface area contributed by atoms with E-state index in [9.17, 15) is 13.2 Å². The van der Waals surface area contributed by atoms with Gasteiger partial charge in [0.05, 0.1) is 4.90 Å². The number of hydrogen-bond donors (Lipinski definition) is 2.